The Morgan fingerprint density at radius 3 is 2.31 bits per heavy atom. The maximum Gasteiger partial charge on any atom is 0.277 e. The molecule has 2 aliphatic rings. The average Bonchev–Trinajstić information content (AvgIpc) is 2.87. The van der Waals surface area contributed by atoms with E-state index in [1.165, 1.54) is 10.5 Å². The number of carbonyl (C=O) groups is 2. The Kier molecular flexibility index (Phi) is 5.19. The third kappa shape index (κ3) is 3.16. The van der Waals surface area contributed by atoms with E-state index in [9.17, 15) is 9.59 Å². The highest BCUT2D eigenvalue weighted by molar-refractivity contribution is 6.35. The Bertz CT molecular complexity index is 761. The van der Waals surface area contributed by atoms with E-state index in [4.69, 9.17) is 0 Å². The highest BCUT2D eigenvalue weighted by atomic mass is 16.2. The van der Waals surface area contributed by atoms with Crippen molar-refractivity contribution in [2.45, 2.75) is 39.7 Å². The summed E-state index contributed by atoms with van der Waals surface area (Å²) in [4.78, 5) is 31.8. The lowest BCUT2D eigenvalue weighted by molar-refractivity contribution is -0.137. The smallest absolute Gasteiger partial charge is 0.277 e. The Morgan fingerprint density at radius 2 is 1.73 bits per heavy atom. The van der Waals surface area contributed by atoms with Gasteiger partial charge in [0.2, 0.25) is 0 Å². The van der Waals surface area contributed by atoms with Crippen molar-refractivity contribution in [1.29, 1.82) is 0 Å². The first kappa shape index (κ1) is 18.6. The van der Waals surface area contributed by atoms with Crippen molar-refractivity contribution >= 4 is 17.4 Å². The van der Waals surface area contributed by atoms with Crippen LogP contribution >= 0.6 is 0 Å². The molecule has 1 saturated heterocycles. The molecule has 0 N–H and O–H groups in total. The molecule has 2 heterocycles. The Hall–Kier alpha value is -2.14. The van der Waals surface area contributed by atoms with Crippen LogP contribution in [0.2, 0.25) is 0 Å². The van der Waals surface area contributed by atoms with Gasteiger partial charge in [0, 0.05) is 19.6 Å². The molecule has 0 atom stereocenters. The van der Waals surface area contributed by atoms with Crippen LogP contribution in [0.1, 0.15) is 36.5 Å². The summed E-state index contributed by atoms with van der Waals surface area (Å²) in [6.07, 6.45) is 2.01. The van der Waals surface area contributed by atoms with Gasteiger partial charge >= 0.3 is 0 Å². The van der Waals surface area contributed by atoms with Gasteiger partial charge in [-0.15, -0.1) is 0 Å². The molecule has 0 aliphatic carbocycles. The highest BCUT2D eigenvalue weighted by Gasteiger charge is 2.41. The monoisotopic (exact) mass is 355 g/mol. The lowest BCUT2D eigenvalue weighted by Crippen LogP contribution is -2.43. The van der Waals surface area contributed by atoms with Crippen LogP contribution in [0.4, 0.5) is 0 Å². The van der Waals surface area contributed by atoms with Crippen LogP contribution in [0.15, 0.2) is 23.9 Å². The van der Waals surface area contributed by atoms with Crippen molar-refractivity contribution in [2.75, 3.05) is 33.7 Å². The molecule has 5 nitrogen and oxygen atoms in total. The second kappa shape index (κ2) is 7.23. The van der Waals surface area contributed by atoms with Gasteiger partial charge in [0.05, 0.1) is 5.57 Å². The van der Waals surface area contributed by atoms with Gasteiger partial charge in [-0.2, -0.15) is 0 Å². The van der Waals surface area contributed by atoms with Crippen LogP contribution in [0, 0.1) is 13.8 Å². The fraction of sp³-hybridized carbons (Fsp3) is 0.524. The summed E-state index contributed by atoms with van der Waals surface area (Å²) in [6, 6.07) is 6.30. The quantitative estimate of drug-likeness (QED) is 0.778. The van der Waals surface area contributed by atoms with E-state index in [-0.39, 0.29) is 17.9 Å². The highest BCUT2D eigenvalue weighted by Crippen LogP contribution is 2.34. The summed E-state index contributed by atoms with van der Waals surface area (Å²) >= 11 is 0. The number of nitrogens with zero attached hydrogens (tertiary/aromatic N) is 3. The minimum atomic E-state index is -0.171. The summed E-state index contributed by atoms with van der Waals surface area (Å²) in [6.45, 7) is 8.38. The minimum absolute atomic E-state index is 0.160. The van der Waals surface area contributed by atoms with E-state index in [1.54, 1.807) is 0 Å². The van der Waals surface area contributed by atoms with Crippen LogP contribution in [-0.4, -0.2) is 66.3 Å². The number of hydrogen-bond donors (Lipinski definition) is 0. The van der Waals surface area contributed by atoms with Crippen molar-refractivity contribution in [1.82, 2.24) is 14.7 Å². The Labute approximate surface area is 156 Å². The topological polar surface area (TPSA) is 43.9 Å². The molecule has 5 heteroatoms. The van der Waals surface area contributed by atoms with E-state index in [0.29, 0.717) is 17.8 Å². The number of benzene rings is 1. The first-order valence-electron chi connectivity index (χ1n) is 9.44. The van der Waals surface area contributed by atoms with E-state index in [0.717, 1.165) is 37.1 Å². The van der Waals surface area contributed by atoms with E-state index in [1.807, 2.05) is 39.1 Å². The summed E-state index contributed by atoms with van der Waals surface area (Å²) in [5.41, 5.74) is 4.28. The number of amides is 2. The molecule has 0 spiro atoms. The van der Waals surface area contributed by atoms with Gasteiger partial charge in [0.25, 0.3) is 11.8 Å². The summed E-state index contributed by atoms with van der Waals surface area (Å²) in [5, 5.41) is 0. The molecule has 1 aromatic carbocycles. The largest absolute Gasteiger partial charge is 0.366 e. The molecule has 140 valence electrons. The molecular formula is C21H29N3O2. The average molecular weight is 355 g/mol. The molecule has 2 aliphatic heterocycles. The second-order valence-electron chi connectivity index (χ2n) is 7.52. The SMILES string of the molecule is CCN1C(=O)C(c2ccc(C)c(C)c2)=C(N(C)C2CCN(C)CC2)C1=O. The van der Waals surface area contributed by atoms with E-state index < -0.39 is 0 Å². The number of rotatable bonds is 4. The fourth-order valence-corrected chi connectivity index (χ4v) is 3.90. The van der Waals surface area contributed by atoms with Crippen LogP contribution < -0.4 is 0 Å². The minimum Gasteiger partial charge on any atom is -0.366 e. The first-order chi connectivity index (χ1) is 12.3. The fourth-order valence-electron chi connectivity index (χ4n) is 3.90. The third-order valence-electron chi connectivity index (χ3n) is 5.84. The van der Waals surface area contributed by atoms with Gasteiger partial charge in [-0.05, 0) is 70.4 Å². The van der Waals surface area contributed by atoms with Crippen molar-refractivity contribution in [2.24, 2.45) is 0 Å². The zero-order valence-corrected chi connectivity index (χ0v) is 16.5. The molecule has 3 rings (SSSR count). The van der Waals surface area contributed by atoms with Gasteiger partial charge in [-0.3, -0.25) is 14.5 Å². The number of hydrogen-bond acceptors (Lipinski definition) is 4. The molecule has 1 fully saturated rings. The normalized spacial score (nSPS) is 19.7. The Morgan fingerprint density at radius 1 is 1.08 bits per heavy atom. The lowest BCUT2D eigenvalue weighted by atomic mass is 9.97. The number of likely N-dealkylation sites (N-methyl/N-ethyl adjacent to an activating group) is 2. The zero-order valence-electron chi connectivity index (χ0n) is 16.5. The third-order valence-corrected chi connectivity index (χ3v) is 5.84. The van der Waals surface area contributed by atoms with Crippen molar-refractivity contribution in [3.8, 4) is 0 Å². The summed E-state index contributed by atoms with van der Waals surface area (Å²) in [5.74, 6) is -0.331. The van der Waals surface area contributed by atoms with Gasteiger partial charge in [-0.25, -0.2) is 0 Å². The molecule has 26 heavy (non-hydrogen) atoms. The summed E-state index contributed by atoms with van der Waals surface area (Å²) < 4.78 is 0. The zero-order chi connectivity index (χ0) is 19.0. The number of piperidine rings is 1. The van der Waals surface area contributed by atoms with Crippen LogP contribution in [0.5, 0.6) is 0 Å². The molecule has 2 amide bonds. The van der Waals surface area contributed by atoms with Crippen molar-refractivity contribution < 1.29 is 9.59 Å². The predicted octanol–water partition coefficient (Wildman–Crippen LogP) is 2.43. The number of likely N-dealkylation sites (tertiary alicyclic amines) is 1. The van der Waals surface area contributed by atoms with E-state index >= 15 is 0 Å². The maximum atomic E-state index is 13.0. The molecule has 0 bridgehead atoms. The summed E-state index contributed by atoms with van der Waals surface area (Å²) in [7, 11) is 4.09. The molecule has 1 aromatic rings. The van der Waals surface area contributed by atoms with E-state index in [2.05, 4.69) is 23.8 Å². The number of carbonyl (C=O) groups excluding carboxylic acids is 2. The molecule has 0 aromatic heterocycles. The van der Waals surface area contributed by atoms with Gasteiger partial charge in [-0.1, -0.05) is 18.2 Å². The maximum absolute atomic E-state index is 13.0. The number of aryl methyl sites for hydroxylation is 2. The predicted molar refractivity (Wildman–Crippen MR) is 104 cm³/mol. The van der Waals surface area contributed by atoms with Crippen LogP contribution in [-0.2, 0) is 9.59 Å². The lowest BCUT2D eigenvalue weighted by Gasteiger charge is -2.36. The Balaban J connectivity index is 2.05. The van der Waals surface area contributed by atoms with Gasteiger partial charge < -0.3 is 9.80 Å². The molecule has 0 radical (unpaired) electrons. The van der Waals surface area contributed by atoms with Crippen LogP contribution in [0.3, 0.4) is 0 Å². The van der Waals surface area contributed by atoms with Gasteiger partial charge in [0.1, 0.15) is 5.70 Å². The van der Waals surface area contributed by atoms with Crippen LogP contribution in [0.25, 0.3) is 5.57 Å². The standard InChI is InChI=1S/C21H29N3O2/c1-6-24-20(25)18(16-8-7-14(2)15(3)13-16)19(21(24)26)23(5)17-9-11-22(4)12-10-17/h7-8,13,17H,6,9-12H2,1-5H3. The van der Waals surface area contributed by atoms with Crippen molar-refractivity contribution in [3.05, 3.63) is 40.6 Å². The second-order valence-corrected chi connectivity index (χ2v) is 7.52. The molecule has 0 unspecified atom stereocenters. The van der Waals surface area contributed by atoms with Gasteiger partial charge in [0.15, 0.2) is 0 Å². The first-order valence-corrected chi connectivity index (χ1v) is 9.44. The molecular weight excluding hydrogens is 326 g/mol. The number of imide groups is 1. The van der Waals surface area contributed by atoms with Crippen molar-refractivity contribution in [3.63, 3.8) is 0 Å². The molecule has 0 saturated carbocycles.